The van der Waals surface area contributed by atoms with E-state index in [9.17, 15) is 13.6 Å². The maximum Gasteiger partial charge on any atom is 0.262 e. The Morgan fingerprint density at radius 2 is 2.21 bits per heavy atom. The van der Waals surface area contributed by atoms with Gasteiger partial charge in [0.2, 0.25) is 5.91 Å². The highest BCUT2D eigenvalue weighted by molar-refractivity contribution is 5.82. The van der Waals surface area contributed by atoms with Crippen molar-refractivity contribution >= 4 is 5.91 Å². The molecule has 24 heavy (non-hydrogen) atoms. The Balaban J connectivity index is 2.08. The minimum atomic E-state index is -2.83. The van der Waals surface area contributed by atoms with Gasteiger partial charge >= 0.3 is 0 Å². The Labute approximate surface area is 140 Å². The maximum absolute atomic E-state index is 13.2. The van der Waals surface area contributed by atoms with Crippen LogP contribution in [0, 0.1) is 0 Å². The molecule has 5 nitrogen and oxygen atoms in total. The second-order valence-electron chi connectivity index (χ2n) is 5.69. The molecule has 0 aliphatic carbocycles. The summed E-state index contributed by atoms with van der Waals surface area (Å²) in [5.41, 5.74) is 1.67. The van der Waals surface area contributed by atoms with Crippen LogP contribution < -0.4 is 20.1 Å². The first-order valence-electron chi connectivity index (χ1n) is 7.63. The van der Waals surface area contributed by atoms with Crippen LogP contribution in [0.4, 0.5) is 8.78 Å². The SMILES string of the molecule is C=CCc1cc(CNC(=O)C2CC(F)(F)CN2)cc(OC)c1OC. The van der Waals surface area contributed by atoms with Crippen molar-refractivity contribution < 1.29 is 23.0 Å². The van der Waals surface area contributed by atoms with Crippen molar-refractivity contribution in [1.29, 1.82) is 0 Å². The zero-order chi connectivity index (χ0) is 17.7. The Morgan fingerprint density at radius 1 is 1.46 bits per heavy atom. The third kappa shape index (κ3) is 4.23. The minimum Gasteiger partial charge on any atom is -0.493 e. The number of carbonyl (C=O) groups is 1. The van der Waals surface area contributed by atoms with Crippen molar-refractivity contribution in [2.75, 3.05) is 20.8 Å². The largest absolute Gasteiger partial charge is 0.493 e. The lowest BCUT2D eigenvalue weighted by Gasteiger charge is -2.16. The van der Waals surface area contributed by atoms with Crippen LogP contribution in [-0.2, 0) is 17.8 Å². The van der Waals surface area contributed by atoms with Gasteiger partial charge in [0.15, 0.2) is 11.5 Å². The van der Waals surface area contributed by atoms with E-state index in [1.165, 1.54) is 7.11 Å². The molecule has 0 aromatic heterocycles. The number of amides is 1. The van der Waals surface area contributed by atoms with E-state index in [1.807, 2.05) is 6.07 Å². The van der Waals surface area contributed by atoms with Crippen molar-refractivity contribution in [3.63, 3.8) is 0 Å². The molecule has 1 heterocycles. The molecule has 1 unspecified atom stereocenters. The molecular formula is C17H22F2N2O3. The van der Waals surface area contributed by atoms with Gasteiger partial charge in [-0.3, -0.25) is 10.1 Å². The van der Waals surface area contributed by atoms with E-state index in [0.717, 1.165) is 11.1 Å². The molecule has 1 fully saturated rings. The minimum absolute atomic E-state index is 0.215. The van der Waals surface area contributed by atoms with Crippen molar-refractivity contribution in [2.45, 2.75) is 31.4 Å². The zero-order valence-electron chi connectivity index (χ0n) is 13.8. The molecule has 1 aromatic rings. The molecule has 1 saturated heterocycles. The number of hydrogen-bond acceptors (Lipinski definition) is 4. The number of halogens is 2. The predicted molar refractivity (Wildman–Crippen MR) is 86.6 cm³/mol. The lowest BCUT2D eigenvalue weighted by atomic mass is 10.1. The molecule has 132 valence electrons. The number of nitrogens with one attached hydrogen (secondary N) is 2. The maximum atomic E-state index is 13.2. The van der Waals surface area contributed by atoms with E-state index in [1.54, 1.807) is 19.3 Å². The third-order valence-corrected chi connectivity index (χ3v) is 3.87. The Bertz CT molecular complexity index is 620. The first-order valence-corrected chi connectivity index (χ1v) is 7.63. The summed E-state index contributed by atoms with van der Waals surface area (Å²) >= 11 is 0. The second kappa shape index (κ2) is 7.61. The van der Waals surface area contributed by atoms with Gasteiger partial charge in [0, 0.05) is 18.5 Å². The van der Waals surface area contributed by atoms with Crippen molar-refractivity contribution in [2.24, 2.45) is 0 Å². The molecule has 1 amide bonds. The van der Waals surface area contributed by atoms with Gasteiger partial charge in [-0.15, -0.1) is 6.58 Å². The van der Waals surface area contributed by atoms with Gasteiger partial charge in [0.25, 0.3) is 5.92 Å². The lowest BCUT2D eigenvalue weighted by molar-refractivity contribution is -0.123. The number of ether oxygens (including phenoxy) is 2. The van der Waals surface area contributed by atoms with E-state index in [2.05, 4.69) is 17.2 Å². The van der Waals surface area contributed by atoms with E-state index >= 15 is 0 Å². The number of carbonyl (C=O) groups excluding carboxylic acids is 1. The van der Waals surface area contributed by atoms with Gasteiger partial charge in [-0.05, 0) is 24.1 Å². The summed E-state index contributed by atoms with van der Waals surface area (Å²) in [7, 11) is 3.08. The Morgan fingerprint density at radius 3 is 2.75 bits per heavy atom. The van der Waals surface area contributed by atoms with E-state index in [-0.39, 0.29) is 6.54 Å². The highest BCUT2D eigenvalue weighted by atomic mass is 19.3. The molecule has 1 aliphatic rings. The molecule has 0 saturated carbocycles. The monoisotopic (exact) mass is 340 g/mol. The Hall–Kier alpha value is -2.15. The number of rotatable bonds is 7. The lowest BCUT2D eigenvalue weighted by Crippen LogP contribution is -2.40. The van der Waals surface area contributed by atoms with Gasteiger partial charge in [-0.25, -0.2) is 8.78 Å². The van der Waals surface area contributed by atoms with Crippen molar-refractivity contribution in [3.05, 3.63) is 35.9 Å². The smallest absolute Gasteiger partial charge is 0.262 e. The normalized spacial score (nSPS) is 18.9. The van der Waals surface area contributed by atoms with Crippen LogP contribution in [0.1, 0.15) is 17.5 Å². The fraction of sp³-hybridized carbons (Fsp3) is 0.471. The standard InChI is InChI=1S/C17H22F2N2O3/c1-4-5-12-6-11(7-14(23-2)15(12)24-3)9-20-16(22)13-8-17(18,19)10-21-13/h4,6-7,13,21H,1,5,8-10H2,2-3H3,(H,20,22). The van der Waals surface area contributed by atoms with Crippen molar-refractivity contribution in [3.8, 4) is 11.5 Å². The van der Waals surface area contributed by atoms with E-state index < -0.39 is 30.8 Å². The van der Waals surface area contributed by atoms with Gasteiger partial charge in [0.05, 0.1) is 26.8 Å². The van der Waals surface area contributed by atoms with Crippen LogP contribution in [0.25, 0.3) is 0 Å². The van der Waals surface area contributed by atoms with Crippen LogP contribution in [0.5, 0.6) is 11.5 Å². The van der Waals surface area contributed by atoms with Crippen LogP contribution in [0.2, 0.25) is 0 Å². The first kappa shape index (κ1) is 18.2. The average molecular weight is 340 g/mol. The summed E-state index contributed by atoms with van der Waals surface area (Å²) < 4.78 is 37.0. The van der Waals surface area contributed by atoms with Crippen LogP contribution >= 0.6 is 0 Å². The number of methoxy groups -OCH3 is 2. The van der Waals surface area contributed by atoms with E-state index in [4.69, 9.17) is 9.47 Å². The molecule has 2 rings (SSSR count). The first-order chi connectivity index (χ1) is 11.4. The molecule has 0 radical (unpaired) electrons. The number of alkyl halides is 2. The highest BCUT2D eigenvalue weighted by Crippen LogP contribution is 2.33. The van der Waals surface area contributed by atoms with Crippen LogP contribution in [0.15, 0.2) is 24.8 Å². The summed E-state index contributed by atoms with van der Waals surface area (Å²) in [5, 5.41) is 5.22. The molecule has 2 N–H and O–H groups in total. The molecule has 1 aliphatic heterocycles. The summed E-state index contributed by atoms with van der Waals surface area (Å²) in [5.74, 6) is -2.11. The molecule has 7 heteroatoms. The fourth-order valence-corrected chi connectivity index (χ4v) is 2.73. The highest BCUT2D eigenvalue weighted by Gasteiger charge is 2.42. The van der Waals surface area contributed by atoms with Crippen LogP contribution in [0.3, 0.4) is 0 Å². The quantitative estimate of drug-likeness (QED) is 0.746. The number of allylic oxidation sites excluding steroid dienone is 1. The zero-order valence-corrected chi connectivity index (χ0v) is 13.8. The second-order valence-corrected chi connectivity index (χ2v) is 5.69. The molecule has 1 atom stereocenters. The number of benzene rings is 1. The molecule has 0 spiro atoms. The Kier molecular flexibility index (Phi) is 5.77. The molecule has 1 aromatic carbocycles. The van der Waals surface area contributed by atoms with Crippen molar-refractivity contribution in [1.82, 2.24) is 10.6 Å². The van der Waals surface area contributed by atoms with Gasteiger partial charge in [0.1, 0.15) is 0 Å². The van der Waals surface area contributed by atoms with Gasteiger partial charge in [-0.1, -0.05) is 6.08 Å². The van der Waals surface area contributed by atoms with Crippen LogP contribution in [-0.4, -0.2) is 38.6 Å². The van der Waals surface area contributed by atoms with Gasteiger partial charge < -0.3 is 14.8 Å². The summed E-state index contributed by atoms with van der Waals surface area (Å²) in [6.07, 6.45) is 1.84. The van der Waals surface area contributed by atoms with Gasteiger partial charge in [-0.2, -0.15) is 0 Å². The summed E-state index contributed by atoms with van der Waals surface area (Å²) in [6.45, 7) is 3.46. The third-order valence-electron chi connectivity index (χ3n) is 3.87. The molecular weight excluding hydrogens is 318 g/mol. The summed E-state index contributed by atoms with van der Waals surface area (Å²) in [4.78, 5) is 12.0. The average Bonchev–Trinajstić information content (AvgIpc) is 2.92. The summed E-state index contributed by atoms with van der Waals surface area (Å²) in [6, 6.07) is 2.76. The number of hydrogen-bond donors (Lipinski definition) is 2. The van der Waals surface area contributed by atoms with E-state index in [0.29, 0.717) is 17.9 Å². The molecule has 0 bridgehead atoms. The fourth-order valence-electron chi connectivity index (χ4n) is 2.73. The predicted octanol–water partition coefficient (Wildman–Crippen LogP) is 2.05. The topological polar surface area (TPSA) is 59.6 Å².